The van der Waals surface area contributed by atoms with E-state index in [1.54, 1.807) is 23.1 Å². The largest absolute Gasteiger partial charge is 0.487 e. The average molecular weight is 949 g/mol. The molecular weight excluding hydrogens is 894 g/mol. The van der Waals surface area contributed by atoms with E-state index in [-0.39, 0.29) is 23.3 Å². The fourth-order valence-electron chi connectivity index (χ4n) is 9.68. The van der Waals surface area contributed by atoms with Gasteiger partial charge in [-0.1, -0.05) is 43.2 Å². The Morgan fingerprint density at radius 2 is 1.82 bits per heavy atom. The zero-order valence-corrected chi connectivity index (χ0v) is 39.2. The average Bonchev–Trinajstić information content (AvgIpc) is 3.90. The number of halogens is 1. The molecule has 3 aromatic carbocycles. The lowest BCUT2D eigenvalue weighted by molar-refractivity contribution is -0.386. The van der Waals surface area contributed by atoms with Gasteiger partial charge in [0.15, 0.2) is 5.75 Å². The fourth-order valence-corrected chi connectivity index (χ4v) is 10.8. The van der Waals surface area contributed by atoms with E-state index in [1.807, 2.05) is 36.4 Å². The molecule has 2 aliphatic carbocycles. The number of carbonyl (C=O) groups is 1. The maximum absolute atomic E-state index is 14.3. The molecule has 2 aliphatic heterocycles. The van der Waals surface area contributed by atoms with Crippen molar-refractivity contribution in [2.24, 2.45) is 5.41 Å². The fraction of sp³-hybridized carbons (Fsp3) is 0.408. The molecule has 18 heteroatoms. The van der Waals surface area contributed by atoms with Gasteiger partial charge in [-0.25, -0.2) is 22.8 Å². The highest BCUT2D eigenvalue weighted by Crippen LogP contribution is 2.43. The van der Waals surface area contributed by atoms with Crippen LogP contribution in [0.1, 0.15) is 68.3 Å². The first kappa shape index (κ1) is 45.0. The van der Waals surface area contributed by atoms with Gasteiger partial charge in [-0.05, 0) is 110 Å². The summed E-state index contributed by atoms with van der Waals surface area (Å²) in [5, 5.41) is 18.5. The summed E-state index contributed by atoms with van der Waals surface area (Å²) in [5.74, 6) is -0.973. The van der Waals surface area contributed by atoms with Gasteiger partial charge in [-0.3, -0.25) is 24.7 Å². The number of nitrogens with zero attached hydrogens (tertiary/aromatic N) is 7. The van der Waals surface area contributed by atoms with Crippen molar-refractivity contribution in [3.05, 3.63) is 117 Å². The molecule has 67 heavy (non-hydrogen) atoms. The van der Waals surface area contributed by atoms with Crippen LogP contribution in [-0.2, 0) is 14.8 Å². The number of carbonyl (C=O) groups excluding carboxylic acids is 1. The summed E-state index contributed by atoms with van der Waals surface area (Å²) in [6.07, 6.45) is 9.53. The zero-order chi connectivity index (χ0) is 46.5. The number of fused-ring (bicyclic) bond motifs is 2. The maximum atomic E-state index is 14.3. The van der Waals surface area contributed by atoms with Crippen molar-refractivity contribution in [2.75, 3.05) is 64.0 Å². The Balaban J connectivity index is 0.878. The van der Waals surface area contributed by atoms with Crippen molar-refractivity contribution in [2.45, 2.75) is 69.4 Å². The molecule has 350 valence electrons. The Labute approximate surface area is 394 Å². The van der Waals surface area contributed by atoms with Crippen LogP contribution in [0.2, 0.25) is 5.02 Å². The van der Waals surface area contributed by atoms with E-state index in [9.17, 15) is 23.3 Å². The molecule has 1 saturated carbocycles. The molecule has 2 saturated heterocycles. The molecule has 3 fully saturated rings. The lowest BCUT2D eigenvalue weighted by Gasteiger charge is -2.39. The lowest BCUT2D eigenvalue weighted by Crippen LogP contribution is -2.50. The van der Waals surface area contributed by atoms with Crippen LogP contribution in [0.5, 0.6) is 5.75 Å². The third-order valence-electron chi connectivity index (χ3n) is 13.6. The minimum absolute atomic E-state index is 0.0372. The topological polar surface area (TPSA) is 181 Å². The standard InChI is InChI=1S/C49H54ClN9O7S/c1-49(2)16-14-34(41(27-49)32-4-6-35(50)7-5-32)29-55-19-21-56(22-20-55)37-10-12-40(43(25-37)58-44-24-33-15-17-51-47(33)53-42(44)28-52-58)48(60)54-67(63,64)39-11-13-46(45(26-39)59(61)62)66-23-3-18-57(36-8-9-36)38-30-65-31-38/h4-7,10-13,15,17,24-26,28,36,38H,3,8-9,14,16,18-23,27,29-31H2,1-2H3,(H,51,53)(H,54,60). The third kappa shape index (κ3) is 9.65. The molecule has 1 amide bonds. The number of aromatic amines is 1. The summed E-state index contributed by atoms with van der Waals surface area (Å²) in [4.78, 5) is 40.4. The molecule has 0 unspecified atom stereocenters. The molecule has 3 aromatic heterocycles. The Hall–Kier alpha value is -5.85. The Morgan fingerprint density at radius 3 is 2.55 bits per heavy atom. The number of hydrogen-bond acceptors (Lipinski definition) is 12. The number of nitro groups is 1. The number of nitro benzene ring substituents is 1. The molecule has 16 nitrogen and oxygen atoms in total. The smallest absolute Gasteiger partial charge is 0.312 e. The number of benzene rings is 3. The highest BCUT2D eigenvalue weighted by molar-refractivity contribution is 7.90. The number of ether oxygens (including phenoxy) is 2. The van der Waals surface area contributed by atoms with Gasteiger partial charge in [0.25, 0.3) is 15.9 Å². The predicted octanol–water partition coefficient (Wildman–Crippen LogP) is 8.00. The van der Waals surface area contributed by atoms with Crippen LogP contribution in [0.15, 0.2) is 95.7 Å². The number of sulfonamides is 1. The van der Waals surface area contributed by atoms with Crippen molar-refractivity contribution in [3.8, 4) is 11.4 Å². The normalized spacial score (nSPS) is 18.2. The molecule has 0 bridgehead atoms. The Kier molecular flexibility index (Phi) is 12.3. The summed E-state index contributed by atoms with van der Waals surface area (Å²) >= 11 is 6.26. The summed E-state index contributed by atoms with van der Waals surface area (Å²) in [7, 11) is -4.60. The molecular formula is C49H54ClN9O7S. The number of allylic oxidation sites excluding steroid dienone is 1. The van der Waals surface area contributed by atoms with E-state index in [4.69, 9.17) is 26.1 Å². The van der Waals surface area contributed by atoms with Crippen molar-refractivity contribution in [3.63, 3.8) is 0 Å². The van der Waals surface area contributed by atoms with Crippen molar-refractivity contribution < 1.29 is 27.6 Å². The van der Waals surface area contributed by atoms with Gasteiger partial charge in [-0.2, -0.15) is 5.10 Å². The number of amides is 1. The van der Waals surface area contributed by atoms with Gasteiger partial charge in [-0.15, -0.1) is 0 Å². The molecule has 5 heterocycles. The van der Waals surface area contributed by atoms with Crippen LogP contribution in [-0.4, -0.2) is 120 Å². The highest BCUT2D eigenvalue weighted by Gasteiger charge is 2.37. The highest BCUT2D eigenvalue weighted by atomic mass is 35.5. The Morgan fingerprint density at radius 1 is 1.03 bits per heavy atom. The van der Waals surface area contributed by atoms with Gasteiger partial charge >= 0.3 is 5.69 Å². The van der Waals surface area contributed by atoms with Crippen molar-refractivity contribution in [1.29, 1.82) is 0 Å². The number of piperazine rings is 1. The summed E-state index contributed by atoms with van der Waals surface area (Å²) in [6, 6.07) is 21.6. The van der Waals surface area contributed by atoms with Crippen LogP contribution >= 0.6 is 11.6 Å². The van der Waals surface area contributed by atoms with Gasteiger partial charge in [0.2, 0.25) is 0 Å². The number of H-pyrrole nitrogens is 1. The zero-order valence-electron chi connectivity index (χ0n) is 37.6. The second-order valence-corrected chi connectivity index (χ2v) is 21.1. The molecule has 0 radical (unpaired) electrons. The SMILES string of the molecule is CC1(C)CCC(CN2CCN(c3ccc(C(=O)NS(=O)(=O)c4ccc(OCCCN(C5CC5)C5COC5)c([N+](=O)[O-])c4)c(-n4ncc5nc6[nH]ccc6cc54)c3)CC2)=C(c2ccc(Cl)cc2)C1. The molecule has 4 aliphatic rings. The van der Waals surface area contributed by atoms with Gasteiger partial charge < -0.3 is 19.4 Å². The lowest BCUT2D eigenvalue weighted by atomic mass is 9.72. The number of nitrogens with one attached hydrogen (secondary N) is 2. The van der Waals surface area contributed by atoms with Crippen LogP contribution in [0.3, 0.4) is 0 Å². The summed E-state index contributed by atoms with van der Waals surface area (Å²) in [6.45, 7) is 11.1. The second-order valence-electron chi connectivity index (χ2n) is 18.9. The first-order valence-electron chi connectivity index (χ1n) is 23.0. The first-order chi connectivity index (χ1) is 32.3. The summed E-state index contributed by atoms with van der Waals surface area (Å²) < 4.78 is 42.8. The van der Waals surface area contributed by atoms with Gasteiger partial charge in [0, 0.05) is 73.7 Å². The number of rotatable bonds is 16. The predicted molar refractivity (Wildman–Crippen MR) is 258 cm³/mol. The molecule has 0 spiro atoms. The second kappa shape index (κ2) is 18.3. The molecule has 6 aromatic rings. The minimum Gasteiger partial charge on any atom is -0.487 e. The quantitative estimate of drug-likeness (QED) is 0.0543. The van der Waals surface area contributed by atoms with E-state index >= 15 is 0 Å². The summed E-state index contributed by atoms with van der Waals surface area (Å²) in [5.41, 5.74) is 6.93. The van der Waals surface area contributed by atoms with E-state index in [2.05, 4.69) is 55.5 Å². The first-order valence-corrected chi connectivity index (χ1v) is 24.9. The monoisotopic (exact) mass is 947 g/mol. The third-order valence-corrected chi connectivity index (χ3v) is 15.2. The molecule has 2 N–H and O–H groups in total. The van der Waals surface area contributed by atoms with Crippen molar-refractivity contribution >= 4 is 66.5 Å². The van der Waals surface area contributed by atoms with Gasteiger partial charge in [0.05, 0.1) is 58.6 Å². The van der Waals surface area contributed by atoms with E-state index in [1.165, 1.54) is 28.8 Å². The van der Waals surface area contributed by atoms with Gasteiger partial charge in [0.1, 0.15) is 11.2 Å². The van der Waals surface area contributed by atoms with Crippen LogP contribution in [0.25, 0.3) is 33.3 Å². The molecule has 0 atom stereocenters. The van der Waals surface area contributed by atoms with Crippen LogP contribution in [0, 0.1) is 15.5 Å². The maximum Gasteiger partial charge on any atom is 0.312 e. The van der Waals surface area contributed by atoms with E-state index in [0.717, 1.165) is 93.5 Å². The molecule has 10 rings (SSSR count). The number of anilines is 1. The van der Waals surface area contributed by atoms with Crippen molar-refractivity contribution in [1.82, 2.24) is 34.3 Å². The minimum atomic E-state index is -4.60. The van der Waals surface area contributed by atoms with E-state index in [0.29, 0.717) is 54.1 Å². The van der Waals surface area contributed by atoms with Crippen LogP contribution in [0.4, 0.5) is 11.4 Å². The Bertz CT molecular complexity index is 2990. The number of hydrogen-bond donors (Lipinski definition) is 2. The number of aromatic nitrogens is 4. The van der Waals surface area contributed by atoms with E-state index < -0.39 is 31.4 Å². The number of pyridine rings is 1. The van der Waals surface area contributed by atoms with Crippen LogP contribution < -0.4 is 14.4 Å².